The lowest BCUT2D eigenvalue weighted by molar-refractivity contribution is 0.111. The summed E-state index contributed by atoms with van der Waals surface area (Å²) in [5, 5.41) is 0.612. The number of ether oxygens (including phenoxy) is 1. The molecule has 1 aromatic carbocycles. The van der Waals surface area contributed by atoms with E-state index >= 15 is 0 Å². The molecule has 106 valence electrons. The Kier molecular flexibility index (Phi) is 3.67. The van der Waals surface area contributed by atoms with E-state index in [4.69, 9.17) is 16.3 Å². The van der Waals surface area contributed by atoms with E-state index in [1.807, 2.05) is 53.9 Å². The van der Waals surface area contributed by atoms with Crippen LogP contribution in [0.3, 0.4) is 0 Å². The van der Waals surface area contributed by atoms with Crippen LogP contribution in [0.4, 0.5) is 0 Å². The first-order valence-corrected chi connectivity index (χ1v) is 7.10. The molecule has 3 aromatic rings. The Balaban J connectivity index is 2.29. The number of aldehydes is 1. The minimum absolute atomic E-state index is 0.554. The van der Waals surface area contributed by atoms with Crippen LogP contribution >= 0.6 is 11.6 Å². The van der Waals surface area contributed by atoms with Crippen molar-refractivity contribution in [3.05, 3.63) is 59.4 Å². The summed E-state index contributed by atoms with van der Waals surface area (Å²) in [6.07, 6.45) is 2.73. The molecule has 3 nitrogen and oxygen atoms in total. The van der Waals surface area contributed by atoms with Crippen LogP contribution in [-0.2, 0) is 0 Å². The maximum atomic E-state index is 11.5. The zero-order chi connectivity index (χ0) is 14.8. The van der Waals surface area contributed by atoms with Crippen molar-refractivity contribution in [1.29, 1.82) is 0 Å². The predicted octanol–water partition coefficient (Wildman–Crippen LogP) is 4.47. The summed E-state index contributed by atoms with van der Waals surface area (Å²) in [4.78, 5) is 11.5. The number of nitrogens with zero attached hydrogens (tertiary/aromatic N) is 1. The van der Waals surface area contributed by atoms with Gasteiger partial charge >= 0.3 is 0 Å². The second kappa shape index (κ2) is 5.62. The van der Waals surface area contributed by atoms with Gasteiger partial charge in [0.1, 0.15) is 5.75 Å². The molecule has 0 spiro atoms. The monoisotopic (exact) mass is 299 g/mol. The summed E-state index contributed by atoms with van der Waals surface area (Å²) < 4.78 is 7.52. The molecule has 0 atom stereocenters. The van der Waals surface area contributed by atoms with Gasteiger partial charge in [0.25, 0.3) is 0 Å². The van der Waals surface area contributed by atoms with Gasteiger partial charge in [-0.3, -0.25) is 4.79 Å². The summed E-state index contributed by atoms with van der Waals surface area (Å²) in [5.41, 5.74) is 3.20. The standard InChI is InChI=1S/C17H14ClNO2/c1-2-21-17-7-6-12(18)9-15(17)14-10-13-5-3-4-8-19(13)16(14)11-20/h3-11H,2H2,1H3. The molecule has 21 heavy (non-hydrogen) atoms. The number of benzene rings is 1. The predicted molar refractivity (Wildman–Crippen MR) is 84.4 cm³/mol. The largest absolute Gasteiger partial charge is 0.493 e. The van der Waals surface area contributed by atoms with Gasteiger partial charge in [0.05, 0.1) is 12.3 Å². The molecule has 0 fully saturated rings. The first-order valence-electron chi connectivity index (χ1n) is 6.72. The molecule has 4 heteroatoms. The quantitative estimate of drug-likeness (QED) is 0.665. The zero-order valence-corrected chi connectivity index (χ0v) is 12.3. The highest BCUT2D eigenvalue weighted by molar-refractivity contribution is 6.31. The molecule has 0 radical (unpaired) electrons. The van der Waals surface area contributed by atoms with Crippen molar-refractivity contribution in [3.63, 3.8) is 0 Å². The van der Waals surface area contributed by atoms with E-state index in [2.05, 4.69) is 0 Å². The molecule has 0 aliphatic carbocycles. The Bertz CT molecular complexity index is 808. The Morgan fingerprint density at radius 3 is 2.81 bits per heavy atom. The summed E-state index contributed by atoms with van der Waals surface area (Å²) >= 11 is 6.11. The molecule has 0 aliphatic heterocycles. The second-order valence-electron chi connectivity index (χ2n) is 4.63. The number of carbonyl (C=O) groups excluding carboxylic acids is 1. The normalized spacial score (nSPS) is 10.8. The fraction of sp³-hybridized carbons (Fsp3) is 0.118. The molecule has 0 amide bonds. The van der Waals surface area contributed by atoms with Gasteiger partial charge in [-0.1, -0.05) is 17.7 Å². The van der Waals surface area contributed by atoms with Gasteiger partial charge in [-0.15, -0.1) is 0 Å². The van der Waals surface area contributed by atoms with Crippen LogP contribution in [0, 0.1) is 0 Å². The fourth-order valence-electron chi connectivity index (χ4n) is 2.47. The average molecular weight is 300 g/mol. The molecule has 0 aliphatic rings. The lowest BCUT2D eigenvalue weighted by Crippen LogP contribution is -1.96. The van der Waals surface area contributed by atoms with Crippen LogP contribution in [0.15, 0.2) is 48.7 Å². The summed E-state index contributed by atoms with van der Waals surface area (Å²) in [7, 11) is 0. The summed E-state index contributed by atoms with van der Waals surface area (Å²) in [5.74, 6) is 0.723. The molecular weight excluding hydrogens is 286 g/mol. The third kappa shape index (κ3) is 2.41. The number of rotatable bonds is 4. The van der Waals surface area contributed by atoms with E-state index in [1.54, 1.807) is 6.07 Å². The van der Waals surface area contributed by atoms with E-state index in [9.17, 15) is 4.79 Å². The zero-order valence-electron chi connectivity index (χ0n) is 11.5. The number of halogens is 1. The van der Waals surface area contributed by atoms with E-state index in [0.717, 1.165) is 28.7 Å². The summed E-state index contributed by atoms with van der Waals surface area (Å²) in [6.45, 7) is 2.48. The van der Waals surface area contributed by atoms with E-state index in [-0.39, 0.29) is 0 Å². The van der Waals surface area contributed by atoms with Crippen molar-refractivity contribution >= 4 is 23.4 Å². The highest BCUT2D eigenvalue weighted by atomic mass is 35.5. The molecule has 2 aromatic heterocycles. The van der Waals surface area contributed by atoms with Crippen LogP contribution in [0.2, 0.25) is 5.02 Å². The molecule has 3 rings (SSSR count). The summed E-state index contributed by atoms with van der Waals surface area (Å²) in [6, 6.07) is 13.2. The number of aromatic nitrogens is 1. The lowest BCUT2D eigenvalue weighted by atomic mass is 10.1. The number of hydrogen-bond donors (Lipinski definition) is 0. The third-order valence-electron chi connectivity index (χ3n) is 3.36. The van der Waals surface area contributed by atoms with Crippen LogP contribution < -0.4 is 4.74 Å². The molecule has 0 bridgehead atoms. The van der Waals surface area contributed by atoms with Gasteiger partial charge < -0.3 is 9.14 Å². The van der Waals surface area contributed by atoms with Crippen molar-refractivity contribution in [2.45, 2.75) is 6.92 Å². The highest BCUT2D eigenvalue weighted by Crippen LogP contribution is 2.36. The smallest absolute Gasteiger partial charge is 0.167 e. The Hall–Kier alpha value is -2.26. The Morgan fingerprint density at radius 1 is 1.19 bits per heavy atom. The van der Waals surface area contributed by atoms with E-state index < -0.39 is 0 Å². The van der Waals surface area contributed by atoms with Crippen LogP contribution in [0.1, 0.15) is 17.4 Å². The van der Waals surface area contributed by atoms with Crippen molar-refractivity contribution in [2.75, 3.05) is 6.61 Å². The van der Waals surface area contributed by atoms with Crippen LogP contribution in [0.5, 0.6) is 5.75 Å². The molecule has 0 saturated carbocycles. The maximum absolute atomic E-state index is 11.5. The SMILES string of the molecule is CCOc1ccc(Cl)cc1-c1cc2ccccn2c1C=O. The Labute approximate surface area is 127 Å². The molecule has 0 N–H and O–H groups in total. The second-order valence-corrected chi connectivity index (χ2v) is 5.07. The van der Waals surface area contributed by atoms with Gasteiger partial charge in [0.15, 0.2) is 6.29 Å². The molecule has 0 unspecified atom stereocenters. The number of fused-ring (bicyclic) bond motifs is 1. The minimum atomic E-state index is 0.554. The van der Waals surface area contributed by atoms with Gasteiger partial charge in [0.2, 0.25) is 0 Å². The minimum Gasteiger partial charge on any atom is -0.493 e. The van der Waals surface area contributed by atoms with Crippen LogP contribution in [-0.4, -0.2) is 17.3 Å². The molecule has 0 saturated heterocycles. The van der Waals surface area contributed by atoms with Gasteiger partial charge in [-0.2, -0.15) is 0 Å². The lowest BCUT2D eigenvalue weighted by Gasteiger charge is -2.10. The molecular formula is C17H14ClNO2. The van der Waals surface area contributed by atoms with Crippen molar-refractivity contribution in [3.8, 4) is 16.9 Å². The fourth-order valence-corrected chi connectivity index (χ4v) is 2.65. The first kappa shape index (κ1) is 13.7. The van der Waals surface area contributed by atoms with Crippen LogP contribution in [0.25, 0.3) is 16.6 Å². The van der Waals surface area contributed by atoms with Crippen molar-refractivity contribution in [2.24, 2.45) is 0 Å². The van der Waals surface area contributed by atoms with Crippen molar-refractivity contribution in [1.82, 2.24) is 4.40 Å². The maximum Gasteiger partial charge on any atom is 0.167 e. The number of carbonyl (C=O) groups is 1. The van der Waals surface area contributed by atoms with Gasteiger partial charge in [0, 0.05) is 27.9 Å². The Morgan fingerprint density at radius 2 is 2.05 bits per heavy atom. The molecule has 2 heterocycles. The highest BCUT2D eigenvalue weighted by Gasteiger charge is 2.15. The number of pyridine rings is 1. The average Bonchev–Trinajstić information content (AvgIpc) is 2.87. The van der Waals surface area contributed by atoms with E-state index in [1.165, 1.54) is 0 Å². The van der Waals surface area contributed by atoms with Crippen molar-refractivity contribution < 1.29 is 9.53 Å². The topological polar surface area (TPSA) is 30.7 Å². The first-order chi connectivity index (χ1) is 10.2. The third-order valence-corrected chi connectivity index (χ3v) is 3.60. The van der Waals surface area contributed by atoms with Gasteiger partial charge in [-0.25, -0.2) is 0 Å². The number of hydrogen-bond acceptors (Lipinski definition) is 2. The van der Waals surface area contributed by atoms with E-state index in [0.29, 0.717) is 17.3 Å². The van der Waals surface area contributed by atoms with Gasteiger partial charge in [-0.05, 0) is 43.3 Å².